The summed E-state index contributed by atoms with van der Waals surface area (Å²) in [5.74, 6) is 4.73. The summed E-state index contributed by atoms with van der Waals surface area (Å²) in [6, 6.07) is 13.1. The van der Waals surface area contributed by atoms with Gasteiger partial charge < -0.3 is 5.32 Å². The third-order valence-corrected chi connectivity index (χ3v) is 3.97. The topological polar surface area (TPSA) is 42.0 Å². The highest BCUT2D eigenvalue weighted by atomic mass is 32.1. The number of benzene rings is 2. The predicted octanol–water partition coefficient (Wildman–Crippen LogP) is 4.24. The maximum absolute atomic E-state index is 14.0. The van der Waals surface area contributed by atoms with Gasteiger partial charge in [-0.3, -0.25) is 4.79 Å². The van der Waals surface area contributed by atoms with Crippen LogP contribution in [0, 0.1) is 24.6 Å². The van der Waals surface area contributed by atoms with Gasteiger partial charge in [0.15, 0.2) is 0 Å². The minimum absolute atomic E-state index is 0.0416. The van der Waals surface area contributed by atoms with Crippen LogP contribution in [-0.4, -0.2) is 10.9 Å². The van der Waals surface area contributed by atoms with Crippen molar-refractivity contribution in [1.82, 2.24) is 4.98 Å². The van der Waals surface area contributed by atoms with Gasteiger partial charge in [-0.05, 0) is 43.2 Å². The van der Waals surface area contributed by atoms with Crippen molar-refractivity contribution < 1.29 is 9.18 Å². The van der Waals surface area contributed by atoms with Crippen LogP contribution < -0.4 is 5.32 Å². The van der Waals surface area contributed by atoms with Crippen LogP contribution in [0.1, 0.15) is 26.6 Å². The molecule has 3 aromatic rings. The lowest BCUT2D eigenvalue weighted by molar-refractivity contribution is 0.102. The molecule has 1 N–H and O–H groups in total. The monoisotopic (exact) mass is 336 g/mol. The highest BCUT2D eigenvalue weighted by Crippen LogP contribution is 2.14. The van der Waals surface area contributed by atoms with E-state index in [0.717, 1.165) is 5.01 Å². The smallest absolute Gasteiger partial charge is 0.258 e. The van der Waals surface area contributed by atoms with E-state index in [2.05, 4.69) is 22.1 Å². The van der Waals surface area contributed by atoms with Gasteiger partial charge in [-0.1, -0.05) is 24.1 Å². The van der Waals surface area contributed by atoms with E-state index in [0.29, 0.717) is 16.9 Å². The first-order valence-corrected chi connectivity index (χ1v) is 8.10. The first kappa shape index (κ1) is 15.9. The van der Waals surface area contributed by atoms with Crippen molar-refractivity contribution in [1.29, 1.82) is 0 Å². The van der Waals surface area contributed by atoms with Crippen molar-refractivity contribution in [3.05, 3.63) is 81.6 Å². The van der Waals surface area contributed by atoms with Crippen molar-refractivity contribution in [2.45, 2.75) is 6.92 Å². The van der Waals surface area contributed by atoms with Crippen LogP contribution in [0.5, 0.6) is 0 Å². The lowest BCUT2D eigenvalue weighted by Crippen LogP contribution is -2.13. The molecule has 1 heterocycles. The largest absolute Gasteiger partial charge is 0.322 e. The van der Waals surface area contributed by atoms with Gasteiger partial charge in [-0.15, -0.1) is 11.3 Å². The first-order chi connectivity index (χ1) is 11.6. The molecule has 3 nitrogen and oxygen atoms in total. The molecule has 1 amide bonds. The van der Waals surface area contributed by atoms with Crippen molar-refractivity contribution in [2.75, 3.05) is 5.32 Å². The number of para-hydroxylation sites is 1. The zero-order chi connectivity index (χ0) is 16.9. The molecule has 0 aliphatic rings. The number of anilines is 1. The normalized spacial score (nSPS) is 9.92. The molecule has 0 saturated heterocycles. The van der Waals surface area contributed by atoms with Crippen LogP contribution in [0.2, 0.25) is 0 Å². The van der Waals surface area contributed by atoms with Crippen LogP contribution in [-0.2, 0) is 0 Å². The Kier molecular flexibility index (Phi) is 4.69. The van der Waals surface area contributed by atoms with E-state index in [1.807, 2.05) is 18.4 Å². The molecule has 0 aliphatic carbocycles. The number of hydrogen-bond acceptors (Lipinski definition) is 3. The number of nitrogens with one attached hydrogen (secondary N) is 1. The highest BCUT2D eigenvalue weighted by molar-refractivity contribution is 7.09. The molecule has 1 aromatic heterocycles. The first-order valence-electron chi connectivity index (χ1n) is 7.22. The molecule has 0 aliphatic heterocycles. The summed E-state index contributed by atoms with van der Waals surface area (Å²) in [6.07, 6.45) is 0. The second-order valence-electron chi connectivity index (χ2n) is 5.02. The van der Waals surface area contributed by atoms with E-state index in [1.165, 1.54) is 23.5 Å². The molecule has 3 rings (SSSR count). The lowest BCUT2D eigenvalue weighted by atomic mass is 10.1. The number of aryl methyl sites for hydroxylation is 1. The Morgan fingerprint density at radius 1 is 1.17 bits per heavy atom. The summed E-state index contributed by atoms with van der Waals surface area (Å²) in [4.78, 5) is 16.5. The number of halogens is 1. The van der Waals surface area contributed by atoms with Gasteiger partial charge >= 0.3 is 0 Å². The third kappa shape index (κ3) is 3.86. The third-order valence-electron chi connectivity index (χ3n) is 3.20. The van der Waals surface area contributed by atoms with Gasteiger partial charge in [0.1, 0.15) is 11.5 Å². The minimum atomic E-state index is -0.585. The van der Waals surface area contributed by atoms with Gasteiger partial charge in [0.05, 0.1) is 10.6 Å². The summed E-state index contributed by atoms with van der Waals surface area (Å²) in [7, 11) is 0. The van der Waals surface area contributed by atoms with Crippen LogP contribution >= 0.6 is 11.3 Å². The summed E-state index contributed by atoms with van der Waals surface area (Å²) in [5.41, 5.74) is 1.79. The number of carbonyl (C=O) groups is 1. The van der Waals surface area contributed by atoms with Crippen molar-refractivity contribution >= 4 is 22.9 Å². The van der Waals surface area contributed by atoms with E-state index in [9.17, 15) is 9.18 Å². The second kappa shape index (κ2) is 7.07. The molecule has 0 atom stereocenters. The number of carbonyl (C=O) groups excluding carboxylic acids is 1. The molecule has 0 spiro atoms. The SMILES string of the molecule is Cc1nc(C#Cc2ccc(F)c(C(=O)Nc3ccccc3)c2)cs1. The molecular weight excluding hydrogens is 323 g/mol. The molecule has 0 radical (unpaired) electrons. The lowest BCUT2D eigenvalue weighted by Gasteiger charge is -2.06. The summed E-state index contributed by atoms with van der Waals surface area (Å²) < 4.78 is 14.0. The fourth-order valence-corrected chi connectivity index (χ4v) is 2.60. The number of aromatic nitrogens is 1. The number of rotatable bonds is 2. The number of thiazole rings is 1. The Hall–Kier alpha value is -2.97. The highest BCUT2D eigenvalue weighted by Gasteiger charge is 2.12. The Morgan fingerprint density at radius 2 is 1.96 bits per heavy atom. The van der Waals surface area contributed by atoms with Crippen molar-refractivity contribution in [3.8, 4) is 11.8 Å². The average Bonchev–Trinajstić information content (AvgIpc) is 3.00. The molecule has 118 valence electrons. The molecular formula is C19H13FN2OS. The fourth-order valence-electron chi connectivity index (χ4n) is 2.05. The van der Waals surface area contributed by atoms with E-state index < -0.39 is 11.7 Å². The molecule has 0 unspecified atom stereocenters. The van der Waals surface area contributed by atoms with Gasteiger partial charge in [0.2, 0.25) is 0 Å². The summed E-state index contributed by atoms with van der Waals surface area (Å²) in [5, 5.41) is 5.45. The van der Waals surface area contributed by atoms with Crippen LogP contribution in [0.15, 0.2) is 53.9 Å². The van der Waals surface area contributed by atoms with Crippen molar-refractivity contribution in [3.63, 3.8) is 0 Å². The van der Waals surface area contributed by atoms with Gasteiger partial charge in [-0.25, -0.2) is 9.37 Å². The summed E-state index contributed by atoms with van der Waals surface area (Å²) in [6.45, 7) is 1.90. The Labute approximate surface area is 143 Å². The number of amides is 1. The van der Waals surface area contributed by atoms with Gasteiger partial charge in [0.25, 0.3) is 5.91 Å². The maximum atomic E-state index is 14.0. The van der Waals surface area contributed by atoms with E-state index in [4.69, 9.17) is 0 Å². The standard InChI is InChI=1S/C19H13FN2OS/c1-13-21-16(12-24-13)9-7-14-8-10-18(20)17(11-14)19(23)22-15-5-3-2-4-6-15/h2-6,8,10-12H,1H3,(H,22,23). The molecule has 0 saturated carbocycles. The number of hydrogen-bond donors (Lipinski definition) is 1. The van der Waals surface area contributed by atoms with E-state index in [-0.39, 0.29) is 5.56 Å². The Morgan fingerprint density at radius 3 is 2.67 bits per heavy atom. The van der Waals surface area contributed by atoms with Crippen molar-refractivity contribution in [2.24, 2.45) is 0 Å². The van der Waals surface area contributed by atoms with Crippen LogP contribution in [0.4, 0.5) is 10.1 Å². The molecule has 0 bridgehead atoms. The zero-order valence-electron chi connectivity index (χ0n) is 12.8. The molecule has 2 aromatic carbocycles. The molecule has 5 heteroatoms. The predicted molar refractivity (Wildman–Crippen MR) is 93.6 cm³/mol. The Bertz CT molecular complexity index is 939. The minimum Gasteiger partial charge on any atom is -0.322 e. The van der Waals surface area contributed by atoms with E-state index in [1.54, 1.807) is 30.3 Å². The quantitative estimate of drug-likeness (QED) is 0.711. The van der Waals surface area contributed by atoms with Gasteiger partial charge in [-0.2, -0.15) is 0 Å². The molecule has 24 heavy (non-hydrogen) atoms. The Balaban J connectivity index is 1.84. The maximum Gasteiger partial charge on any atom is 0.258 e. The molecule has 0 fully saturated rings. The summed E-state index contributed by atoms with van der Waals surface area (Å²) >= 11 is 1.51. The fraction of sp³-hybridized carbons (Fsp3) is 0.0526. The number of nitrogens with zero attached hydrogens (tertiary/aromatic N) is 1. The van der Waals surface area contributed by atoms with Crippen LogP contribution in [0.3, 0.4) is 0 Å². The van der Waals surface area contributed by atoms with Gasteiger partial charge in [0, 0.05) is 16.6 Å². The van der Waals surface area contributed by atoms with Crippen LogP contribution in [0.25, 0.3) is 0 Å². The van der Waals surface area contributed by atoms with E-state index >= 15 is 0 Å². The zero-order valence-corrected chi connectivity index (χ0v) is 13.7. The second-order valence-corrected chi connectivity index (χ2v) is 6.08. The average molecular weight is 336 g/mol.